The molecule has 1 aromatic rings. The van der Waals surface area contributed by atoms with Crippen molar-refractivity contribution in [3.05, 3.63) is 23.3 Å². The lowest BCUT2D eigenvalue weighted by Crippen LogP contribution is -2.41. The van der Waals surface area contributed by atoms with Gasteiger partial charge in [0.15, 0.2) is 0 Å². The molecule has 4 atom stereocenters. The Morgan fingerprint density at radius 2 is 1.50 bits per heavy atom. The lowest BCUT2D eigenvalue weighted by Gasteiger charge is -2.47. The minimum absolute atomic E-state index is 0.199. The van der Waals surface area contributed by atoms with E-state index >= 15 is 0 Å². The zero-order valence-electron chi connectivity index (χ0n) is 11.1. The average Bonchev–Trinajstić information content (AvgIpc) is 2.42. The minimum Gasteiger partial charge on any atom is -0.496 e. The maximum Gasteiger partial charge on any atom is 0.122 e. The first-order valence-electron chi connectivity index (χ1n) is 6.61. The van der Waals surface area contributed by atoms with Crippen molar-refractivity contribution in [1.29, 1.82) is 0 Å². The molecule has 3 nitrogen and oxygen atoms in total. The largest absolute Gasteiger partial charge is 0.496 e. The number of benzene rings is 1. The van der Waals surface area contributed by atoms with Gasteiger partial charge in [-0.3, -0.25) is 0 Å². The number of hydrogen-bond donors (Lipinski definition) is 1. The standard InChI is InChI=1S/C15H20O3/c1-8-9-4-5-10(15(8)16)14-12(18-3)7-6-11(17-2)13(9)14/h6-10,15-16H,4-5H2,1-3H3/t8-,9+,10-,15+/m1/s1. The molecule has 2 bridgehead atoms. The van der Waals surface area contributed by atoms with Gasteiger partial charge in [0.25, 0.3) is 0 Å². The Morgan fingerprint density at radius 3 is 2.06 bits per heavy atom. The fraction of sp³-hybridized carbons (Fsp3) is 0.600. The predicted octanol–water partition coefficient (Wildman–Crippen LogP) is 2.68. The number of rotatable bonds is 2. The van der Waals surface area contributed by atoms with Crippen molar-refractivity contribution in [3.63, 3.8) is 0 Å². The van der Waals surface area contributed by atoms with Crippen molar-refractivity contribution in [2.75, 3.05) is 14.2 Å². The Hall–Kier alpha value is -1.22. The molecular weight excluding hydrogens is 228 g/mol. The van der Waals surface area contributed by atoms with Crippen molar-refractivity contribution in [2.45, 2.75) is 37.7 Å². The maximum atomic E-state index is 10.4. The normalized spacial score (nSPS) is 33.1. The second-order valence-corrected chi connectivity index (χ2v) is 5.44. The number of hydrogen-bond acceptors (Lipinski definition) is 3. The van der Waals surface area contributed by atoms with Crippen LogP contribution in [0.2, 0.25) is 0 Å². The van der Waals surface area contributed by atoms with Gasteiger partial charge in [-0.05, 0) is 36.8 Å². The summed E-state index contributed by atoms with van der Waals surface area (Å²) in [6.07, 6.45) is 1.93. The Labute approximate surface area is 108 Å². The molecule has 0 saturated heterocycles. The third-order valence-electron chi connectivity index (χ3n) is 4.76. The van der Waals surface area contributed by atoms with Crippen LogP contribution in [0.4, 0.5) is 0 Å². The van der Waals surface area contributed by atoms with Crippen LogP contribution in [0, 0.1) is 5.92 Å². The Kier molecular flexibility index (Phi) is 2.74. The molecule has 98 valence electrons. The monoisotopic (exact) mass is 248 g/mol. The molecule has 1 fully saturated rings. The Balaban J connectivity index is 2.24. The number of ether oxygens (including phenoxy) is 2. The molecule has 1 saturated carbocycles. The first-order chi connectivity index (χ1) is 8.69. The van der Waals surface area contributed by atoms with Crippen LogP contribution in [0.1, 0.15) is 42.7 Å². The first kappa shape index (κ1) is 11.8. The van der Waals surface area contributed by atoms with E-state index in [0.29, 0.717) is 11.8 Å². The highest BCUT2D eigenvalue weighted by Crippen LogP contribution is 2.57. The average molecular weight is 248 g/mol. The van der Waals surface area contributed by atoms with Gasteiger partial charge >= 0.3 is 0 Å². The topological polar surface area (TPSA) is 38.7 Å². The summed E-state index contributed by atoms with van der Waals surface area (Å²) < 4.78 is 11.0. The summed E-state index contributed by atoms with van der Waals surface area (Å²) in [5, 5.41) is 10.4. The van der Waals surface area contributed by atoms with Crippen LogP contribution in [-0.4, -0.2) is 25.4 Å². The minimum atomic E-state index is -0.253. The van der Waals surface area contributed by atoms with Gasteiger partial charge in [0, 0.05) is 17.0 Å². The summed E-state index contributed by atoms with van der Waals surface area (Å²) in [6.45, 7) is 2.14. The lowest BCUT2D eigenvalue weighted by atomic mass is 9.60. The molecule has 0 aromatic heterocycles. The van der Waals surface area contributed by atoms with E-state index in [1.807, 2.05) is 12.1 Å². The zero-order valence-corrected chi connectivity index (χ0v) is 11.1. The summed E-state index contributed by atoms with van der Waals surface area (Å²) in [5.41, 5.74) is 2.45. The van der Waals surface area contributed by atoms with Crippen molar-refractivity contribution >= 4 is 0 Å². The highest BCUT2D eigenvalue weighted by Gasteiger charge is 2.46. The molecule has 0 aliphatic heterocycles. The fourth-order valence-electron chi connectivity index (χ4n) is 3.84. The van der Waals surface area contributed by atoms with Gasteiger partial charge in [0.05, 0.1) is 20.3 Å². The summed E-state index contributed by atoms with van der Waals surface area (Å²) in [4.78, 5) is 0. The van der Waals surface area contributed by atoms with Gasteiger partial charge in [-0.2, -0.15) is 0 Å². The van der Waals surface area contributed by atoms with E-state index in [1.165, 1.54) is 11.1 Å². The number of aliphatic hydroxyl groups is 1. The van der Waals surface area contributed by atoms with E-state index in [1.54, 1.807) is 14.2 Å². The van der Waals surface area contributed by atoms with Crippen LogP contribution in [0.3, 0.4) is 0 Å². The molecule has 18 heavy (non-hydrogen) atoms. The highest BCUT2D eigenvalue weighted by atomic mass is 16.5. The van der Waals surface area contributed by atoms with E-state index in [-0.39, 0.29) is 12.0 Å². The zero-order chi connectivity index (χ0) is 12.9. The van der Waals surface area contributed by atoms with Crippen LogP contribution in [-0.2, 0) is 0 Å². The molecule has 0 unspecified atom stereocenters. The van der Waals surface area contributed by atoms with Crippen molar-refractivity contribution < 1.29 is 14.6 Å². The van der Waals surface area contributed by atoms with Crippen molar-refractivity contribution in [3.8, 4) is 11.5 Å². The smallest absolute Gasteiger partial charge is 0.122 e. The lowest BCUT2D eigenvalue weighted by molar-refractivity contribution is 0.0297. The predicted molar refractivity (Wildman–Crippen MR) is 69.4 cm³/mol. The molecule has 3 aliphatic carbocycles. The van der Waals surface area contributed by atoms with Crippen LogP contribution < -0.4 is 9.47 Å². The molecule has 4 rings (SSSR count). The molecule has 3 aliphatic rings. The molecule has 1 N–H and O–H groups in total. The molecule has 0 spiro atoms. The van der Waals surface area contributed by atoms with Crippen molar-refractivity contribution in [1.82, 2.24) is 0 Å². The fourth-order valence-corrected chi connectivity index (χ4v) is 3.84. The summed E-state index contributed by atoms with van der Waals surface area (Å²) in [6, 6.07) is 3.94. The second-order valence-electron chi connectivity index (χ2n) is 5.44. The number of aliphatic hydroxyl groups excluding tert-OH is 1. The van der Waals surface area contributed by atoms with Gasteiger partial charge in [0.2, 0.25) is 0 Å². The van der Waals surface area contributed by atoms with Crippen LogP contribution >= 0.6 is 0 Å². The molecule has 0 radical (unpaired) electrons. The molecule has 0 heterocycles. The Morgan fingerprint density at radius 1 is 1.00 bits per heavy atom. The van der Waals surface area contributed by atoms with Gasteiger partial charge in [-0.25, -0.2) is 0 Å². The second kappa shape index (κ2) is 4.16. The molecule has 3 heteroatoms. The van der Waals surface area contributed by atoms with E-state index in [9.17, 15) is 5.11 Å². The van der Waals surface area contributed by atoms with E-state index in [2.05, 4.69) is 6.92 Å². The van der Waals surface area contributed by atoms with Gasteiger partial charge < -0.3 is 14.6 Å². The summed E-state index contributed by atoms with van der Waals surface area (Å²) in [5.74, 6) is 2.73. The van der Waals surface area contributed by atoms with E-state index in [0.717, 1.165) is 24.3 Å². The van der Waals surface area contributed by atoms with Gasteiger partial charge in [-0.15, -0.1) is 0 Å². The van der Waals surface area contributed by atoms with Gasteiger partial charge in [-0.1, -0.05) is 6.92 Å². The number of fused-ring (bicyclic) bond motifs is 2. The Bertz CT molecular complexity index is 426. The SMILES string of the molecule is COc1ccc(OC)c2c1[C@H]1CC[C@H]2[C@@H](O)[C@@H]1C. The summed E-state index contributed by atoms with van der Waals surface area (Å²) in [7, 11) is 3.41. The molecule has 1 aromatic carbocycles. The first-order valence-corrected chi connectivity index (χ1v) is 6.61. The van der Waals surface area contributed by atoms with E-state index < -0.39 is 0 Å². The third kappa shape index (κ3) is 1.40. The van der Waals surface area contributed by atoms with Crippen LogP contribution in [0.5, 0.6) is 11.5 Å². The van der Waals surface area contributed by atoms with E-state index in [4.69, 9.17) is 9.47 Å². The highest BCUT2D eigenvalue weighted by molar-refractivity contribution is 5.56. The van der Waals surface area contributed by atoms with Crippen LogP contribution in [0.15, 0.2) is 12.1 Å². The van der Waals surface area contributed by atoms with Gasteiger partial charge in [0.1, 0.15) is 11.5 Å². The molecular formula is C15H20O3. The summed E-state index contributed by atoms with van der Waals surface area (Å²) >= 11 is 0. The molecule has 0 amide bonds. The van der Waals surface area contributed by atoms with Crippen molar-refractivity contribution in [2.24, 2.45) is 5.92 Å². The maximum absolute atomic E-state index is 10.4. The quantitative estimate of drug-likeness (QED) is 0.874. The van der Waals surface area contributed by atoms with Crippen LogP contribution in [0.25, 0.3) is 0 Å². The number of methoxy groups -OCH3 is 2. The third-order valence-corrected chi connectivity index (χ3v) is 4.76.